The summed E-state index contributed by atoms with van der Waals surface area (Å²) in [6.45, 7) is 1.86. The van der Waals surface area contributed by atoms with Gasteiger partial charge in [0.05, 0.1) is 0 Å². The third-order valence-electron chi connectivity index (χ3n) is 2.46. The van der Waals surface area contributed by atoms with Crippen LogP contribution in [0.5, 0.6) is 0 Å². The highest BCUT2D eigenvalue weighted by molar-refractivity contribution is 5.74. The molecule has 0 saturated carbocycles. The molecule has 0 aliphatic rings. The Hall–Kier alpha value is -1.42. The molecule has 15 heavy (non-hydrogen) atoms. The van der Waals surface area contributed by atoms with Crippen LogP contribution in [0, 0.1) is 5.82 Å². The van der Waals surface area contributed by atoms with Gasteiger partial charge >= 0.3 is 5.97 Å². The van der Waals surface area contributed by atoms with E-state index in [0.29, 0.717) is 6.42 Å². The van der Waals surface area contributed by atoms with Crippen molar-refractivity contribution >= 4 is 5.97 Å². The van der Waals surface area contributed by atoms with Gasteiger partial charge in [-0.3, -0.25) is 4.79 Å². The van der Waals surface area contributed by atoms with Gasteiger partial charge in [0.25, 0.3) is 0 Å². The van der Waals surface area contributed by atoms with Crippen molar-refractivity contribution in [3.63, 3.8) is 0 Å². The van der Waals surface area contributed by atoms with Crippen LogP contribution in [0.3, 0.4) is 0 Å². The molecular weight excluding hydrogens is 197 g/mol. The van der Waals surface area contributed by atoms with Gasteiger partial charge in [-0.1, -0.05) is 19.1 Å². The van der Waals surface area contributed by atoms with E-state index in [1.165, 1.54) is 12.1 Å². The van der Waals surface area contributed by atoms with Crippen LogP contribution in [-0.4, -0.2) is 17.1 Å². The number of nitrogens with two attached hydrogens (primary N) is 1. The van der Waals surface area contributed by atoms with Gasteiger partial charge in [-0.05, 0) is 24.1 Å². The molecule has 0 heterocycles. The van der Waals surface area contributed by atoms with Gasteiger partial charge < -0.3 is 10.8 Å². The first-order valence-electron chi connectivity index (χ1n) is 4.80. The van der Waals surface area contributed by atoms with Crippen molar-refractivity contribution in [2.24, 2.45) is 5.73 Å². The lowest BCUT2D eigenvalue weighted by Crippen LogP contribution is -2.36. The zero-order chi connectivity index (χ0) is 11.4. The molecule has 0 radical (unpaired) electrons. The maximum absolute atomic E-state index is 12.7. The van der Waals surface area contributed by atoms with E-state index < -0.39 is 12.0 Å². The van der Waals surface area contributed by atoms with Crippen molar-refractivity contribution < 1.29 is 14.3 Å². The summed E-state index contributed by atoms with van der Waals surface area (Å²) in [5.41, 5.74) is 6.31. The second kappa shape index (κ2) is 4.89. The molecule has 0 fully saturated rings. The molecule has 1 aromatic rings. The van der Waals surface area contributed by atoms with Crippen LogP contribution in [-0.2, 0) is 4.79 Å². The van der Waals surface area contributed by atoms with E-state index >= 15 is 0 Å². The van der Waals surface area contributed by atoms with Crippen LogP contribution in [0.2, 0.25) is 0 Å². The normalized spacial score (nSPS) is 14.6. The van der Waals surface area contributed by atoms with Crippen molar-refractivity contribution in [3.8, 4) is 0 Å². The Labute approximate surface area is 87.7 Å². The van der Waals surface area contributed by atoms with Crippen molar-refractivity contribution in [3.05, 3.63) is 35.6 Å². The first-order chi connectivity index (χ1) is 7.06. The van der Waals surface area contributed by atoms with Gasteiger partial charge in [0.1, 0.15) is 11.9 Å². The number of hydrogen-bond donors (Lipinski definition) is 2. The minimum Gasteiger partial charge on any atom is -0.480 e. The lowest BCUT2D eigenvalue weighted by Gasteiger charge is -2.19. The average Bonchev–Trinajstić information content (AvgIpc) is 2.21. The Morgan fingerprint density at radius 2 is 2.00 bits per heavy atom. The quantitative estimate of drug-likeness (QED) is 0.797. The number of benzene rings is 1. The number of halogens is 1. The first kappa shape index (κ1) is 11.7. The van der Waals surface area contributed by atoms with Crippen LogP contribution < -0.4 is 5.73 Å². The molecular formula is C11H14FNO2. The number of carbonyl (C=O) groups is 1. The highest BCUT2D eigenvalue weighted by Crippen LogP contribution is 2.22. The predicted molar refractivity (Wildman–Crippen MR) is 55.0 cm³/mol. The summed E-state index contributed by atoms with van der Waals surface area (Å²) in [5, 5.41) is 8.80. The van der Waals surface area contributed by atoms with Crippen LogP contribution in [0.25, 0.3) is 0 Å². The molecule has 82 valence electrons. The minimum absolute atomic E-state index is 0.275. The Kier molecular flexibility index (Phi) is 3.80. The smallest absolute Gasteiger partial charge is 0.321 e. The van der Waals surface area contributed by atoms with Crippen molar-refractivity contribution in [1.82, 2.24) is 0 Å². The summed E-state index contributed by atoms with van der Waals surface area (Å²) in [6.07, 6.45) is 0.610. The molecule has 3 nitrogen and oxygen atoms in total. The van der Waals surface area contributed by atoms with E-state index in [0.717, 1.165) is 5.56 Å². The topological polar surface area (TPSA) is 63.3 Å². The van der Waals surface area contributed by atoms with Gasteiger partial charge in [0.15, 0.2) is 0 Å². The van der Waals surface area contributed by atoms with Crippen LogP contribution >= 0.6 is 0 Å². The number of hydrogen-bond acceptors (Lipinski definition) is 2. The zero-order valence-electron chi connectivity index (χ0n) is 8.48. The molecule has 0 amide bonds. The van der Waals surface area contributed by atoms with Crippen molar-refractivity contribution in [2.45, 2.75) is 25.3 Å². The summed E-state index contributed by atoms with van der Waals surface area (Å²) >= 11 is 0. The molecule has 3 N–H and O–H groups in total. The van der Waals surface area contributed by atoms with E-state index in [-0.39, 0.29) is 11.7 Å². The van der Waals surface area contributed by atoms with Gasteiger partial charge in [0, 0.05) is 5.92 Å². The molecule has 0 saturated heterocycles. The molecule has 0 aliphatic carbocycles. The first-order valence-corrected chi connectivity index (χ1v) is 4.80. The molecule has 0 aromatic heterocycles. The SMILES string of the molecule is CC[C@@H](c1ccc(F)cc1)[C@H](N)C(=O)O. The van der Waals surface area contributed by atoms with Crippen LogP contribution in [0.4, 0.5) is 4.39 Å². The molecule has 1 aromatic carbocycles. The second-order valence-corrected chi connectivity index (χ2v) is 3.43. The fraction of sp³-hybridized carbons (Fsp3) is 0.364. The Balaban J connectivity index is 2.92. The highest BCUT2D eigenvalue weighted by Gasteiger charge is 2.23. The molecule has 0 unspecified atom stereocenters. The van der Waals surface area contributed by atoms with Gasteiger partial charge in [-0.2, -0.15) is 0 Å². The molecule has 4 heteroatoms. The molecule has 0 spiro atoms. The Bertz CT molecular complexity index is 337. The summed E-state index contributed by atoms with van der Waals surface area (Å²) in [5.74, 6) is -1.65. The Morgan fingerprint density at radius 3 is 2.40 bits per heavy atom. The number of aliphatic carboxylic acids is 1. The monoisotopic (exact) mass is 211 g/mol. The van der Waals surface area contributed by atoms with Crippen molar-refractivity contribution in [2.75, 3.05) is 0 Å². The fourth-order valence-electron chi connectivity index (χ4n) is 1.58. The van der Waals surface area contributed by atoms with Crippen LogP contribution in [0.15, 0.2) is 24.3 Å². The van der Waals surface area contributed by atoms with Gasteiger partial charge in [-0.25, -0.2) is 4.39 Å². The highest BCUT2D eigenvalue weighted by atomic mass is 19.1. The van der Waals surface area contributed by atoms with E-state index in [4.69, 9.17) is 10.8 Å². The summed E-state index contributed by atoms with van der Waals surface area (Å²) in [4.78, 5) is 10.7. The van der Waals surface area contributed by atoms with E-state index in [1.54, 1.807) is 12.1 Å². The lowest BCUT2D eigenvalue weighted by molar-refractivity contribution is -0.139. The molecule has 1 rings (SSSR count). The number of carboxylic acids is 1. The maximum atomic E-state index is 12.7. The van der Waals surface area contributed by atoms with Crippen molar-refractivity contribution in [1.29, 1.82) is 0 Å². The standard InChI is InChI=1S/C11H14FNO2/c1-2-9(10(13)11(14)15)7-3-5-8(12)6-4-7/h3-6,9-10H,2,13H2,1H3,(H,14,15)/t9-,10-/m0/s1. The van der Waals surface area contributed by atoms with Crippen LogP contribution in [0.1, 0.15) is 24.8 Å². The van der Waals surface area contributed by atoms with E-state index in [9.17, 15) is 9.18 Å². The average molecular weight is 211 g/mol. The minimum atomic E-state index is -1.04. The zero-order valence-corrected chi connectivity index (χ0v) is 8.48. The molecule has 0 bridgehead atoms. The van der Waals surface area contributed by atoms with E-state index in [1.807, 2.05) is 6.92 Å². The molecule has 2 atom stereocenters. The lowest BCUT2D eigenvalue weighted by atomic mass is 9.90. The summed E-state index contributed by atoms with van der Waals surface area (Å²) in [7, 11) is 0. The van der Waals surface area contributed by atoms with Gasteiger partial charge in [-0.15, -0.1) is 0 Å². The number of rotatable bonds is 4. The molecule has 0 aliphatic heterocycles. The second-order valence-electron chi connectivity index (χ2n) is 3.43. The van der Waals surface area contributed by atoms with Gasteiger partial charge in [0.2, 0.25) is 0 Å². The third kappa shape index (κ3) is 2.76. The summed E-state index contributed by atoms with van der Waals surface area (Å²) in [6, 6.07) is 4.83. The maximum Gasteiger partial charge on any atom is 0.321 e. The largest absolute Gasteiger partial charge is 0.480 e. The fourth-order valence-corrected chi connectivity index (χ4v) is 1.58. The Morgan fingerprint density at radius 1 is 1.47 bits per heavy atom. The summed E-state index contributed by atoms with van der Waals surface area (Å²) < 4.78 is 12.7. The van der Waals surface area contributed by atoms with E-state index in [2.05, 4.69) is 0 Å². The third-order valence-corrected chi connectivity index (χ3v) is 2.46. The number of carboxylic acid groups (broad SMARTS) is 1. The predicted octanol–water partition coefficient (Wildman–Crippen LogP) is 1.73.